The van der Waals surface area contributed by atoms with Gasteiger partial charge in [0, 0.05) is 17.5 Å². The van der Waals surface area contributed by atoms with Gasteiger partial charge < -0.3 is 5.73 Å². The van der Waals surface area contributed by atoms with Gasteiger partial charge in [0.15, 0.2) is 0 Å². The van der Waals surface area contributed by atoms with Crippen LogP contribution in [0.4, 0.5) is 0 Å². The van der Waals surface area contributed by atoms with Gasteiger partial charge in [-0.1, -0.05) is 36.4 Å². The normalized spacial score (nSPS) is 10.3. The van der Waals surface area contributed by atoms with Crippen LogP contribution in [0.5, 0.6) is 0 Å². The molecule has 92 valence electrons. The summed E-state index contributed by atoms with van der Waals surface area (Å²) in [6.07, 6.45) is 0. The topological polar surface area (TPSA) is 38.9 Å². The fourth-order valence-electron chi connectivity index (χ4n) is 1.89. The Kier molecular flexibility index (Phi) is 3.97. The Bertz CT molecular complexity index is 663. The molecule has 0 aliphatic rings. The van der Waals surface area contributed by atoms with Crippen molar-refractivity contribution in [3.63, 3.8) is 0 Å². The van der Waals surface area contributed by atoms with Crippen molar-refractivity contribution in [1.29, 1.82) is 0 Å². The van der Waals surface area contributed by atoms with E-state index >= 15 is 0 Å². The number of halogens is 1. The third-order valence-electron chi connectivity index (χ3n) is 2.77. The summed E-state index contributed by atoms with van der Waals surface area (Å²) in [5, 5.41) is 5.54. The fourth-order valence-corrected chi connectivity index (χ4v) is 2.57. The number of aromatic nitrogens is 1. The van der Waals surface area contributed by atoms with Crippen LogP contribution in [-0.2, 0) is 6.54 Å². The number of hydrogen-bond donors (Lipinski definition) is 1. The standard InChI is InChI=1S/C14H12N2S.ClH/c15-8-14-16-13(9-17-14)12-6-5-10-3-1-2-4-11(10)7-12;/h1-7,9H,8,15H2;1H. The summed E-state index contributed by atoms with van der Waals surface area (Å²) >= 11 is 1.61. The summed E-state index contributed by atoms with van der Waals surface area (Å²) in [6, 6.07) is 14.8. The summed E-state index contributed by atoms with van der Waals surface area (Å²) in [4.78, 5) is 4.50. The lowest BCUT2D eigenvalue weighted by atomic mass is 10.1. The highest BCUT2D eigenvalue weighted by Gasteiger charge is 2.04. The van der Waals surface area contributed by atoms with Crippen molar-refractivity contribution in [2.45, 2.75) is 6.54 Å². The number of thiazole rings is 1. The Labute approximate surface area is 116 Å². The molecule has 0 fully saturated rings. The minimum absolute atomic E-state index is 0. The van der Waals surface area contributed by atoms with Crippen molar-refractivity contribution in [3.05, 3.63) is 52.9 Å². The highest BCUT2D eigenvalue weighted by atomic mass is 35.5. The molecule has 1 aromatic heterocycles. The van der Waals surface area contributed by atoms with Gasteiger partial charge in [-0.05, 0) is 16.8 Å². The monoisotopic (exact) mass is 276 g/mol. The molecule has 2 nitrogen and oxygen atoms in total. The van der Waals surface area contributed by atoms with Crippen molar-refractivity contribution >= 4 is 34.5 Å². The second-order valence-electron chi connectivity index (χ2n) is 3.89. The Morgan fingerprint density at radius 2 is 1.83 bits per heavy atom. The predicted octanol–water partition coefficient (Wildman–Crippen LogP) is 3.84. The SMILES string of the molecule is Cl.NCc1nc(-c2ccc3ccccc3c2)cs1. The zero-order chi connectivity index (χ0) is 11.7. The molecule has 0 saturated heterocycles. The number of fused-ring (bicyclic) bond motifs is 1. The van der Waals surface area contributed by atoms with Crippen LogP contribution in [-0.4, -0.2) is 4.98 Å². The van der Waals surface area contributed by atoms with E-state index in [2.05, 4.69) is 52.8 Å². The highest BCUT2D eigenvalue weighted by molar-refractivity contribution is 7.09. The van der Waals surface area contributed by atoms with Crippen molar-refractivity contribution in [2.75, 3.05) is 0 Å². The second kappa shape index (κ2) is 5.48. The molecule has 0 bridgehead atoms. The Balaban J connectivity index is 0.00000120. The van der Waals surface area contributed by atoms with E-state index in [1.807, 2.05) is 0 Å². The van der Waals surface area contributed by atoms with Crippen molar-refractivity contribution in [3.8, 4) is 11.3 Å². The van der Waals surface area contributed by atoms with Gasteiger partial charge in [-0.2, -0.15) is 0 Å². The lowest BCUT2D eigenvalue weighted by Gasteiger charge is -2.00. The van der Waals surface area contributed by atoms with Gasteiger partial charge in [-0.15, -0.1) is 23.7 Å². The molecular formula is C14H13ClN2S. The van der Waals surface area contributed by atoms with Crippen LogP contribution in [0, 0.1) is 0 Å². The molecule has 1 heterocycles. The van der Waals surface area contributed by atoms with Gasteiger partial charge in [-0.3, -0.25) is 0 Å². The van der Waals surface area contributed by atoms with Gasteiger partial charge in [0.25, 0.3) is 0 Å². The highest BCUT2D eigenvalue weighted by Crippen LogP contribution is 2.25. The van der Waals surface area contributed by atoms with Crippen LogP contribution in [0.15, 0.2) is 47.8 Å². The van der Waals surface area contributed by atoms with Crippen LogP contribution in [0.25, 0.3) is 22.0 Å². The molecule has 0 radical (unpaired) electrons. The summed E-state index contributed by atoms with van der Waals surface area (Å²) in [5.41, 5.74) is 7.75. The van der Waals surface area contributed by atoms with Crippen LogP contribution >= 0.6 is 23.7 Å². The Morgan fingerprint density at radius 1 is 1.06 bits per heavy atom. The maximum atomic E-state index is 5.58. The number of benzene rings is 2. The van der Waals surface area contributed by atoms with E-state index in [0.29, 0.717) is 6.54 Å². The van der Waals surface area contributed by atoms with Gasteiger partial charge in [0.1, 0.15) is 5.01 Å². The summed E-state index contributed by atoms with van der Waals surface area (Å²) < 4.78 is 0. The van der Waals surface area contributed by atoms with Crippen molar-refractivity contribution in [1.82, 2.24) is 4.98 Å². The molecule has 3 rings (SSSR count). The van der Waals surface area contributed by atoms with E-state index in [0.717, 1.165) is 16.3 Å². The van der Waals surface area contributed by atoms with Crippen LogP contribution in [0.3, 0.4) is 0 Å². The zero-order valence-corrected chi connectivity index (χ0v) is 11.3. The molecular weight excluding hydrogens is 264 g/mol. The van der Waals surface area contributed by atoms with Crippen molar-refractivity contribution in [2.24, 2.45) is 5.73 Å². The third kappa shape index (κ3) is 2.38. The fraction of sp³-hybridized carbons (Fsp3) is 0.0714. The molecule has 2 aromatic carbocycles. The van der Waals surface area contributed by atoms with Crippen molar-refractivity contribution < 1.29 is 0 Å². The maximum Gasteiger partial charge on any atom is 0.107 e. The van der Waals surface area contributed by atoms with Crippen LogP contribution < -0.4 is 5.73 Å². The lowest BCUT2D eigenvalue weighted by Crippen LogP contribution is -1.94. The Hall–Kier alpha value is -1.42. The minimum atomic E-state index is 0. The van der Waals surface area contributed by atoms with Crippen LogP contribution in [0.1, 0.15) is 5.01 Å². The average Bonchev–Trinajstić information content (AvgIpc) is 2.87. The third-order valence-corrected chi connectivity index (χ3v) is 3.64. The van der Waals surface area contributed by atoms with Gasteiger partial charge >= 0.3 is 0 Å². The lowest BCUT2D eigenvalue weighted by molar-refractivity contribution is 1.04. The largest absolute Gasteiger partial charge is 0.325 e. The number of nitrogens with two attached hydrogens (primary N) is 1. The first-order valence-corrected chi connectivity index (χ1v) is 6.38. The first-order chi connectivity index (χ1) is 8.36. The summed E-state index contributed by atoms with van der Waals surface area (Å²) in [5.74, 6) is 0. The molecule has 0 amide bonds. The average molecular weight is 277 g/mol. The first-order valence-electron chi connectivity index (χ1n) is 5.50. The molecule has 0 atom stereocenters. The molecule has 3 aromatic rings. The van der Waals surface area contributed by atoms with E-state index in [4.69, 9.17) is 5.73 Å². The second-order valence-corrected chi connectivity index (χ2v) is 4.84. The van der Waals surface area contributed by atoms with E-state index < -0.39 is 0 Å². The van der Waals surface area contributed by atoms with E-state index in [1.165, 1.54) is 10.8 Å². The molecule has 0 spiro atoms. The minimum Gasteiger partial charge on any atom is -0.325 e. The van der Waals surface area contributed by atoms with E-state index in [-0.39, 0.29) is 12.4 Å². The van der Waals surface area contributed by atoms with E-state index in [1.54, 1.807) is 11.3 Å². The number of hydrogen-bond acceptors (Lipinski definition) is 3. The van der Waals surface area contributed by atoms with Gasteiger partial charge in [-0.25, -0.2) is 4.98 Å². The van der Waals surface area contributed by atoms with Gasteiger partial charge in [0.2, 0.25) is 0 Å². The number of rotatable bonds is 2. The maximum absolute atomic E-state index is 5.58. The molecule has 18 heavy (non-hydrogen) atoms. The molecule has 0 aliphatic heterocycles. The number of nitrogens with zero attached hydrogens (tertiary/aromatic N) is 1. The molecule has 0 saturated carbocycles. The predicted molar refractivity (Wildman–Crippen MR) is 80.2 cm³/mol. The Morgan fingerprint density at radius 3 is 2.56 bits per heavy atom. The van der Waals surface area contributed by atoms with E-state index in [9.17, 15) is 0 Å². The molecule has 0 unspecified atom stereocenters. The molecule has 4 heteroatoms. The molecule has 2 N–H and O–H groups in total. The van der Waals surface area contributed by atoms with Gasteiger partial charge in [0.05, 0.1) is 5.69 Å². The summed E-state index contributed by atoms with van der Waals surface area (Å²) in [7, 11) is 0. The quantitative estimate of drug-likeness (QED) is 0.772. The molecule has 0 aliphatic carbocycles. The first kappa shape index (κ1) is 13.0. The van der Waals surface area contributed by atoms with Crippen LogP contribution in [0.2, 0.25) is 0 Å². The smallest absolute Gasteiger partial charge is 0.107 e. The zero-order valence-electron chi connectivity index (χ0n) is 9.67. The summed E-state index contributed by atoms with van der Waals surface area (Å²) in [6.45, 7) is 0.512.